The molecular formula is C41H53F2N5O6. The highest BCUT2D eigenvalue weighted by atomic mass is 19.1. The molecule has 0 fully saturated rings. The van der Waals surface area contributed by atoms with Gasteiger partial charge in [-0.1, -0.05) is 52.8 Å². The number of ether oxygens (including phenoxy) is 1. The standard InChI is InChI=1S/C41H53F2N5O6/c1-40(2,3)27-48(38(52)24-44)31-11-8-28(9-12-31)16-17-46(6)36(50)22-41(4,5)23-37(51)47(7)18-19-54-32-13-14-33(35(43)21-32)39(53)45-25-29-10-15-34(42)30(20-29)26-49/h8-15,20-21,26H,16-19,22-25,27,44H2,1-7H3,(H,45,53). The molecule has 0 unspecified atom stereocenters. The summed E-state index contributed by atoms with van der Waals surface area (Å²) in [6.07, 6.45) is 1.30. The van der Waals surface area contributed by atoms with E-state index in [0.717, 1.165) is 23.4 Å². The molecule has 11 nitrogen and oxygen atoms in total. The molecule has 0 aliphatic heterocycles. The molecule has 0 spiro atoms. The molecular weight excluding hydrogens is 696 g/mol. The monoisotopic (exact) mass is 749 g/mol. The van der Waals surface area contributed by atoms with Gasteiger partial charge < -0.3 is 30.5 Å². The molecule has 0 aliphatic rings. The van der Waals surface area contributed by atoms with Crippen LogP contribution in [0.25, 0.3) is 0 Å². The summed E-state index contributed by atoms with van der Waals surface area (Å²) >= 11 is 0. The number of nitrogens with two attached hydrogens (primary N) is 1. The molecule has 0 heterocycles. The van der Waals surface area contributed by atoms with E-state index in [2.05, 4.69) is 26.1 Å². The van der Waals surface area contributed by atoms with Crippen LogP contribution in [0.1, 0.15) is 79.3 Å². The predicted molar refractivity (Wildman–Crippen MR) is 204 cm³/mol. The first-order valence-corrected chi connectivity index (χ1v) is 17.8. The maximum absolute atomic E-state index is 14.8. The Morgan fingerprint density at radius 1 is 0.796 bits per heavy atom. The zero-order valence-electron chi connectivity index (χ0n) is 32.3. The van der Waals surface area contributed by atoms with E-state index in [4.69, 9.17) is 10.5 Å². The van der Waals surface area contributed by atoms with E-state index in [9.17, 15) is 32.8 Å². The molecule has 3 N–H and O–H groups in total. The minimum absolute atomic E-state index is 0.0337. The van der Waals surface area contributed by atoms with Crippen molar-refractivity contribution >= 4 is 35.6 Å². The minimum atomic E-state index is -0.810. The highest BCUT2D eigenvalue weighted by Crippen LogP contribution is 2.27. The number of likely N-dealkylation sites (N-methyl/N-ethyl adjacent to an activating group) is 2. The predicted octanol–water partition coefficient (Wildman–Crippen LogP) is 5.39. The number of rotatable bonds is 18. The molecule has 0 atom stereocenters. The summed E-state index contributed by atoms with van der Waals surface area (Å²) in [5, 5.41) is 2.54. The van der Waals surface area contributed by atoms with E-state index in [1.807, 2.05) is 38.1 Å². The van der Waals surface area contributed by atoms with Gasteiger partial charge in [0, 0.05) is 58.3 Å². The van der Waals surface area contributed by atoms with Crippen LogP contribution in [0, 0.1) is 22.5 Å². The lowest BCUT2D eigenvalue weighted by Crippen LogP contribution is -2.41. The Bertz CT molecular complexity index is 1790. The van der Waals surface area contributed by atoms with Crippen molar-refractivity contribution in [1.29, 1.82) is 0 Å². The van der Waals surface area contributed by atoms with Gasteiger partial charge in [-0.25, -0.2) is 8.78 Å². The normalized spacial score (nSPS) is 11.4. The molecule has 0 saturated heterocycles. The van der Waals surface area contributed by atoms with Crippen LogP contribution in [-0.4, -0.2) is 86.6 Å². The SMILES string of the molecule is CN(CCOc1ccc(C(=O)NCc2ccc(F)c(C=O)c2)c(F)c1)C(=O)CC(C)(C)CC(=O)N(C)CCc1ccc(N(CC(C)(C)C)C(=O)CN)cc1. The maximum atomic E-state index is 14.8. The summed E-state index contributed by atoms with van der Waals surface area (Å²) in [6.45, 7) is 11.1. The van der Waals surface area contributed by atoms with Crippen LogP contribution >= 0.6 is 0 Å². The molecule has 0 aromatic heterocycles. The van der Waals surface area contributed by atoms with Gasteiger partial charge in [-0.15, -0.1) is 0 Å². The van der Waals surface area contributed by atoms with Crippen LogP contribution in [0.2, 0.25) is 0 Å². The van der Waals surface area contributed by atoms with Crippen LogP contribution in [0.15, 0.2) is 60.7 Å². The highest BCUT2D eigenvalue weighted by molar-refractivity contribution is 5.95. The van der Waals surface area contributed by atoms with Crippen molar-refractivity contribution in [3.8, 4) is 5.75 Å². The summed E-state index contributed by atoms with van der Waals surface area (Å²) in [5.74, 6) is -2.41. The Labute approximate surface area is 316 Å². The molecule has 3 aromatic carbocycles. The topological polar surface area (TPSA) is 142 Å². The lowest BCUT2D eigenvalue weighted by molar-refractivity contribution is -0.135. The molecule has 0 radical (unpaired) electrons. The second-order valence-corrected chi connectivity index (χ2v) is 15.5. The first kappa shape index (κ1) is 43.2. The van der Waals surface area contributed by atoms with Crippen molar-refractivity contribution in [2.75, 3.05) is 51.8 Å². The zero-order valence-corrected chi connectivity index (χ0v) is 32.3. The lowest BCUT2D eigenvalue weighted by atomic mass is 9.84. The van der Waals surface area contributed by atoms with Gasteiger partial charge in [0.15, 0.2) is 6.29 Å². The third-order valence-corrected chi connectivity index (χ3v) is 8.72. The number of aldehydes is 1. The van der Waals surface area contributed by atoms with Gasteiger partial charge in [-0.3, -0.25) is 24.0 Å². The van der Waals surface area contributed by atoms with Crippen LogP contribution in [0.3, 0.4) is 0 Å². The first-order chi connectivity index (χ1) is 25.3. The minimum Gasteiger partial charge on any atom is -0.492 e. The fraction of sp³-hybridized carbons (Fsp3) is 0.439. The number of anilines is 1. The maximum Gasteiger partial charge on any atom is 0.254 e. The molecule has 3 rings (SSSR count). The molecule has 4 amide bonds. The van der Waals surface area contributed by atoms with Gasteiger partial charge >= 0.3 is 0 Å². The Morgan fingerprint density at radius 2 is 1.41 bits per heavy atom. The van der Waals surface area contributed by atoms with Gasteiger partial charge in [0.2, 0.25) is 17.7 Å². The van der Waals surface area contributed by atoms with Crippen LogP contribution in [-0.2, 0) is 27.3 Å². The quantitative estimate of drug-likeness (QED) is 0.166. The number of amides is 4. The molecule has 0 aliphatic carbocycles. The summed E-state index contributed by atoms with van der Waals surface area (Å²) in [6, 6.07) is 15.3. The number of hydrogen-bond donors (Lipinski definition) is 2. The van der Waals surface area contributed by atoms with Crippen molar-refractivity contribution < 1.29 is 37.5 Å². The van der Waals surface area contributed by atoms with Crippen molar-refractivity contribution in [3.63, 3.8) is 0 Å². The van der Waals surface area contributed by atoms with E-state index >= 15 is 0 Å². The third-order valence-electron chi connectivity index (χ3n) is 8.72. The summed E-state index contributed by atoms with van der Waals surface area (Å²) in [4.78, 5) is 67.0. The highest BCUT2D eigenvalue weighted by Gasteiger charge is 2.28. The average molecular weight is 750 g/mol. The van der Waals surface area contributed by atoms with Gasteiger partial charge in [-0.2, -0.15) is 0 Å². The molecule has 292 valence electrons. The van der Waals surface area contributed by atoms with E-state index in [1.165, 1.54) is 29.2 Å². The van der Waals surface area contributed by atoms with Gasteiger partial charge in [0.25, 0.3) is 5.91 Å². The van der Waals surface area contributed by atoms with E-state index < -0.39 is 23.0 Å². The Balaban J connectivity index is 1.43. The second-order valence-electron chi connectivity index (χ2n) is 15.5. The number of halogens is 2. The van der Waals surface area contributed by atoms with Crippen molar-refractivity contribution in [3.05, 3.63) is 94.6 Å². The molecule has 54 heavy (non-hydrogen) atoms. The molecule has 0 saturated carbocycles. The van der Waals surface area contributed by atoms with E-state index in [1.54, 1.807) is 23.9 Å². The number of nitrogens with zero attached hydrogens (tertiary/aromatic N) is 3. The summed E-state index contributed by atoms with van der Waals surface area (Å²) in [5.41, 5.74) is 6.85. The Morgan fingerprint density at radius 3 is 1.98 bits per heavy atom. The first-order valence-electron chi connectivity index (χ1n) is 17.8. The summed E-state index contributed by atoms with van der Waals surface area (Å²) < 4.78 is 33.9. The van der Waals surface area contributed by atoms with Crippen molar-refractivity contribution in [1.82, 2.24) is 15.1 Å². The smallest absolute Gasteiger partial charge is 0.254 e. The number of benzene rings is 3. The molecule has 0 bridgehead atoms. The number of hydrogen-bond acceptors (Lipinski definition) is 7. The largest absolute Gasteiger partial charge is 0.492 e. The van der Waals surface area contributed by atoms with Crippen molar-refractivity contribution in [2.45, 2.75) is 60.4 Å². The third kappa shape index (κ3) is 13.4. The Hall–Kier alpha value is -5.17. The number of nitrogens with one attached hydrogen (secondary N) is 1. The Kier molecular flexibility index (Phi) is 15.4. The van der Waals surface area contributed by atoms with Gasteiger partial charge in [-0.05, 0) is 64.8 Å². The van der Waals surface area contributed by atoms with Crippen LogP contribution in [0.4, 0.5) is 14.5 Å². The molecule has 3 aromatic rings. The van der Waals surface area contributed by atoms with Crippen molar-refractivity contribution in [2.24, 2.45) is 16.6 Å². The fourth-order valence-corrected chi connectivity index (χ4v) is 5.59. The fourth-order valence-electron chi connectivity index (χ4n) is 5.59. The van der Waals surface area contributed by atoms with E-state index in [-0.39, 0.29) is 79.1 Å². The number of carbonyl (C=O) groups excluding carboxylic acids is 5. The summed E-state index contributed by atoms with van der Waals surface area (Å²) in [7, 11) is 3.37. The van der Waals surface area contributed by atoms with Crippen LogP contribution in [0.5, 0.6) is 5.75 Å². The van der Waals surface area contributed by atoms with Gasteiger partial charge in [0.05, 0.1) is 24.2 Å². The average Bonchev–Trinajstić information content (AvgIpc) is 3.11. The van der Waals surface area contributed by atoms with Gasteiger partial charge in [0.1, 0.15) is 24.0 Å². The van der Waals surface area contributed by atoms with E-state index in [0.29, 0.717) is 31.4 Å². The lowest BCUT2D eigenvalue weighted by Gasteiger charge is -2.30. The van der Waals surface area contributed by atoms with Crippen LogP contribution < -0.4 is 20.7 Å². The number of carbonyl (C=O) groups is 5. The second kappa shape index (κ2) is 19.2. The zero-order chi connectivity index (χ0) is 40.2. The molecule has 13 heteroatoms.